The molecule has 0 aliphatic rings. The fraction of sp³-hybridized carbons (Fsp3) is 0.214. The van der Waals surface area contributed by atoms with Gasteiger partial charge in [-0.1, -0.05) is 12.1 Å². The lowest BCUT2D eigenvalue weighted by Crippen LogP contribution is -2.06. The van der Waals surface area contributed by atoms with E-state index in [9.17, 15) is 4.39 Å². The van der Waals surface area contributed by atoms with Crippen molar-refractivity contribution in [3.63, 3.8) is 0 Å². The van der Waals surface area contributed by atoms with Gasteiger partial charge in [0.25, 0.3) is 0 Å². The molecule has 0 spiro atoms. The maximum atomic E-state index is 13.5. The summed E-state index contributed by atoms with van der Waals surface area (Å²) in [6.45, 7) is 2.38. The summed E-state index contributed by atoms with van der Waals surface area (Å²) in [4.78, 5) is 4.22. The number of hydrogen-bond donors (Lipinski definition) is 1. The fourth-order valence-electron chi connectivity index (χ4n) is 1.69. The lowest BCUT2D eigenvalue weighted by atomic mass is 10.2. The molecule has 94 valence electrons. The van der Waals surface area contributed by atoms with Gasteiger partial charge in [0.05, 0.1) is 5.69 Å². The van der Waals surface area contributed by atoms with E-state index in [1.54, 1.807) is 18.3 Å². The van der Waals surface area contributed by atoms with Gasteiger partial charge < -0.3 is 10.5 Å². The van der Waals surface area contributed by atoms with Gasteiger partial charge in [-0.2, -0.15) is 0 Å². The van der Waals surface area contributed by atoms with Gasteiger partial charge in [-0.25, -0.2) is 4.39 Å². The second-order valence-electron chi connectivity index (χ2n) is 3.98. The molecule has 18 heavy (non-hydrogen) atoms. The van der Waals surface area contributed by atoms with Crippen LogP contribution in [0.4, 0.5) is 4.39 Å². The van der Waals surface area contributed by atoms with Crippen LogP contribution in [0.25, 0.3) is 0 Å². The summed E-state index contributed by atoms with van der Waals surface area (Å²) in [7, 11) is 0. The molecule has 2 rings (SSSR count). The Morgan fingerprint density at radius 3 is 2.83 bits per heavy atom. The molecule has 0 fully saturated rings. The Morgan fingerprint density at radius 2 is 2.11 bits per heavy atom. The molecular weight excluding hydrogens is 231 g/mol. The molecule has 0 aliphatic heterocycles. The van der Waals surface area contributed by atoms with Crippen molar-refractivity contribution in [2.45, 2.75) is 20.1 Å². The van der Waals surface area contributed by atoms with Gasteiger partial charge in [-0.15, -0.1) is 0 Å². The number of rotatable bonds is 4. The van der Waals surface area contributed by atoms with Crippen LogP contribution in [0.2, 0.25) is 0 Å². The normalized spacial score (nSPS) is 10.4. The molecule has 1 aromatic heterocycles. The first-order valence-electron chi connectivity index (χ1n) is 5.73. The van der Waals surface area contributed by atoms with Crippen LogP contribution in [0.15, 0.2) is 36.5 Å². The van der Waals surface area contributed by atoms with E-state index in [2.05, 4.69) is 4.98 Å². The van der Waals surface area contributed by atoms with Crippen molar-refractivity contribution in [3.05, 3.63) is 59.2 Å². The van der Waals surface area contributed by atoms with Crippen molar-refractivity contribution < 1.29 is 9.13 Å². The second-order valence-corrected chi connectivity index (χ2v) is 3.98. The maximum absolute atomic E-state index is 13.5. The highest BCUT2D eigenvalue weighted by Crippen LogP contribution is 2.22. The minimum Gasteiger partial charge on any atom is -0.487 e. The first kappa shape index (κ1) is 12.5. The molecule has 0 amide bonds. The van der Waals surface area contributed by atoms with Crippen LogP contribution in [0, 0.1) is 12.7 Å². The lowest BCUT2D eigenvalue weighted by molar-refractivity contribution is 0.295. The zero-order chi connectivity index (χ0) is 13.0. The third-order valence-corrected chi connectivity index (χ3v) is 2.76. The molecule has 0 radical (unpaired) electrons. The third kappa shape index (κ3) is 2.65. The summed E-state index contributed by atoms with van der Waals surface area (Å²) in [5.74, 6) is 0.135. The van der Waals surface area contributed by atoms with E-state index in [0.717, 1.165) is 11.3 Å². The first-order chi connectivity index (χ1) is 8.72. The van der Waals surface area contributed by atoms with Gasteiger partial charge in [0, 0.05) is 18.3 Å². The van der Waals surface area contributed by atoms with Gasteiger partial charge in [0.15, 0.2) is 0 Å². The van der Waals surface area contributed by atoms with Crippen LogP contribution in [0.3, 0.4) is 0 Å². The van der Waals surface area contributed by atoms with E-state index in [0.29, 0.717) is 17.9 Å². The lowest BCUT2D eigenvalue weighted by Gasteiger charge is -2.11. The quantitative estimate of drug-likeness (QED) is 0.902. The van der Waals surface area contributed by atoms with Crippen molar-refractivity contribution in [1.29, 1.82) is 0 Å². The van der Waals surface area contributed by atoms with Gasteiger partial charge in [0.1, 0.15) is 18.2 Å². The molecular formula is C14H15FN2O. The SMILES string of the molecule is Cc1cccnc1COc1cccc(F)c1CN. The molecule has 3 nitrogen and oxygen atoms in total. The van der Waals surface area contributed by atoms with Crippen LogP contribution in [0.1, 0.15) is 16.8 Å². The number of hydrogen-bond acceptors (Lipinski definition) is 3. The standard InChI is InChI=1S/C14H15FN2O/c1-10-4-3-7-17-13(10)9-18-14-6-2-5-12(15)11(14)8-16/h2-7H,8-9,16H2,1H3. The molecule has 0 aliphatic carbocycles. The molecule has 1 aromatic carbocycles. The third-order valence-electron chi connectivity index (χ3n) is 2.76. The average Bonchev–Trinajstić information content (AvgIpc) is 2.38. The Balaban J connectivity index is 2.16. The van der Waals surface area contributed by atoms with Crippen LogP contribution in [-0.2, 0) is 13.2 Å². The average molecular weight is 246 g/mol. The summed E-state index contributed by atoms with van der Waals surface area (Å²) in [6.07, 6.45) is 1.71. The molecule has 0 saturated heterocycles. The monoisotopic (exact) mass is 246 g/mol. The van der Waals surface area contributed by atoms with Gasteiger partial charge in [0.2, 0.25) is 0 Å². The van der Waals surface area contributed by atoms with E-state index in [-0.39, 0.29) is 12.4 Å². The topological polar surface area (TPSA) is 48.1 Å². The highest BCUT2D eigenvalue weighted by atomic mass is 19.1. The largest absolute Gasteiger partial charge is 0.487 e. The summed E-state index contributed by atoms with van der Waals surface area (Å²) in [5, 5.41) is 0. The molecule has 0 unspecified atom stereocenters. The Bertz CT molecular complexity index is 543. The predicted octanol–water partition coefficient (Wildman–Crippen LogP) is 2.57. The van der Waals surface area contributed by atoms with Crippen LogP contribution < -0.4 is 10.5 Å². The van der Waals surface area contributed by atoms with E-state index < -0.39 is 0 Å². The molecule has 2 aromatic rings. The smallest absolute Gasteiger partial charge is 0.131 e. The van der Waals surface area contributed by atoms with Gasteiger partial charge in [-0.3, -0.25) is 4.98 Å². The molecule has 2 N–H and O–H groups in total. The van der Waals surface area contributed by atoms with E-state index in [4.69, 9.17) is 10.5 Å². The Kier molecular flexibility index (Phi) is 3.89. The van der Waals surface area contributed by atoms with Crippen molar-refractivity contribution >= 4 is 0 Å². The predicted molar refractivity (Wildman–Crippen MR) is 67.6 cm³/mol. The fourth-order valence-corrected chi connectivity index (χ4v) is 1.69. The van der Waals surface area contributed by atoms with Crippen molar-refractivity contribution in [1.82, 2.24) is 4.98 Å². The first-order valence-corrected chi connectivity index (χ1v) is 5.73. The molecule has 0 atom stereocenters. The number of nitrogens with two attached hydrogens (primary N) is 1. The summed E-state index contributed by atoms with van der Waals surface area (Å²) in [5.41, 5.74) is 7.79. The molecule has 4 heteroatoms. The molecule has 1 heterocycles. The van der Waals surface area contributed by atoms with E-state index >= 15 is 0 Å². The Labute approximate surface area is 105 Å². The maximum Gasteiger partial charge on any atom is 0.131 e. The zero-order valence-corrected chi connectivity index (χ0v) is 10.2. The van der Waals surface area contributed by atoms with Crippen molar-refractivity contribution in [2.24, 2.45) is 5.73 Å². The zero-order valence-electron chi connectivity index (χ0n) is 10.2. The molecule has 0 saturated carbocycles. The van der Waals surface area contributed by atoms with Crippen molar-refractivity contribution in [2.75, 3.05) is 0 Å². The number of pyridine rings is 1. The number of nitrogens with zero attached hydrogens (tertiary/aromatic N) is 1. The summed E-state index contributed by atoms with van der Waals surface area (Å²) < 4.78 is 19.1. The number of benzene rings is 1. The second kappa shape index (κ2) is 5.60. The minimum atomic E-state index is -0.340. The van der Waals surface area contributed by atoms with Gasteiger partial charge >= 0.3 is 0 Å². The number of aryl methyl sites for hydroxylation is 1. The number of halogens is 1. The number of aromatic nitrogens is 1. The van der Waals surface area contributed by atoms with E-state index in [1.807, 2.05) is 19.1 Å². The Hall–Kier alpha value is -1.94. The minimum absolute atomic E-state index is 0.114. The number of ether oxygens (including phenoxy) is 1. The van der Waals surface area contributed by atoms with E-state index in [1.165, 1.54) is 6.07 Å². The van der Waals surface area contributed by atoms with Crippen LogP contribution in [0.5, 0.6) is 5.75 Å². The Morgan fingerprint density at radius 1 is 1.28 bits per heavy atom. The van der Waals surface area contributed by atoms with Crippen molar-refractivity contribution in [3.8, 4) is 5.75 Å². The van der Waals surface area contributed by atoms with Crippen LogP contribution >= 0.6 is 0 Å². The summed E-state index contributed by atoms with van der Waals surface area (Å²) in [6, 6.07) is 8.52. The van der Waals surface area contributed by atoms with Gasteiger partial charge in [-0.05, 0) is 30.7 Å². The highest BCUT2D eigenvalue weighted by Gasteiger charge is 2.08. The van der Waals surface area contributed by atoms with Crippen LogP contribution in [-0.4, -0.2) is 4.98 Å². The highest BCUT2D eigenvalue weighted by molar-refractivity contribution is 5.34. The summed E-state index contributed by atoms with van der Waals surface area (Å²) >= 11 is 0. The molecule has 0 bridgehead atoms.